The summed E-state index contributed by atoms with van der Waals surface area (Å²) in [7, 11) is 4.42. The van der Waals surface area contributed by atoms with E-state index in [4.69, 9.17) is 14.2 Å². The van der Waals surface area contributed by atoms with Gasteiger partial charge in [-0.15, -0.1) is 5.10 Å². The molecule has 1 aliphatic rings. The van der Waals surface area contributed by atoms with Gasteiger partial charge in [0.15, 0.2) is 11.5 Å². The van der Waals surface area contributed by atoms with Crippen LogP contribution in [0.4, 0.5) is 11.9 Å². The molecule has 10 nitrogen and oxygen atoms in total. The molecule has 0 spiro atoms. The Balaban J connectivity index is 1.63. The number of fused-ring (bicyclic) bond motifs is 1. The smallest absolute Gasteiger partial charge is 0.258 e. The van der Waals surface area contributed by atoms with Gasteiger partial charge in [0.25, 0.3) is 11.9 Å². The molecule has 0 bridgehead atoms. The summed E-state index contributed by atoms with van der Waals surface area (Å²) < 4.78 is 17.5. The quantitative estimate of drug-likeness (QED) is 0.626. The van der Waals surface area contributed by atoms with Gasteiger partial charge in [0.05, 0.1) is 33.8 Å². The third kappa shape index (κ3) is 3.87. The van der Waals surface area contributed by atoms with Crippen LogP contribution in [-0.2, 0) is 4.79 Å². The Morgan fingerprint density at radius 1 is 1.10 bits per heavy atom. The lowest BCUT2D eigenvalue weighted by atomic mass is 10.0. The van der Waals surface area contributed by atoms with Crippen molar-refractivity contribution in [1.82, 2.24) is 14.8 Å². The molecule has 2 N–H and O–H groups in total. The molecule has 2 amide bonds. The zero-order valence-corrected chi connectivity index (χ0v) is 17.2. The number of amides is 2. The van der Waals surface area contributed by atoms with Crippen molar-refractivity contribution in [3.05, 3.63) is 53.6 Å². The highest BCUT2D eigenvalue weighted by molar-refractivity contribution is 6.04. The Hall–Kier alpha value is -4.08. The Labute approximate surface area is 178 Å². The molecule has 0 saturated heterocycles. The van der Waals surface area contributed by atoms with E-state index in [0.717, 1.165) is 5.56 Å². The van der Waals surface area contributed by atoms with Crippen LogP contribution >= 0.6 is 0 Å². The van der Waals surface area contributed by atoms with Gasteiger partial charge in [-0.1, -0.05) is 30.3 Å². The van der Waals surface area contributed by atoms with Gasteiger partial charge < -0.3 is 14.2 Å². The largest absolute Gasteiger partial charge is 0.493 e. The number of nitrogens with zero attached hydrogens (tertiary/aromatic N) is 3. The third-order valence-corrected chi connectivity index (χ3v) is 4.89. The summed E-state index contributed by atoms with van der Waals surface area (Å²) in [5.74, 6) is 0.773. The topological polar surface area (TPSA) is 117 Å². The highest BCUT2D eigenvalue weighted by Gasteiger charge is 2.29. The SMILES string of the molecule is COc1cc(C(=O)Nc2nc3n(n2)[C@@H](c2ccccc2)CC(=O)N3)cc(OC)c1OC. The maximum atomic E-state index is 12.8. The van der Waals surface area contributed by atoms with Crippen LogP contribution < -0.4 is 24.8 Å². The van der Waals surface area contributed by atoms with Crippen molar-refractivity contribution in [2.45, 2.75) is 12.5 Å². The minimum Gasteiger partial charge on any atom is -0.493 e. The second kappa shape index (κ2) is 8.34. The fraction of sp³-hybridized carbons (Fsp3) is 0.238. The lowest BCUT2D eigenvalue weighted by Crippen LogP contribution is -2.29. The van der Waals surface area contributed by atoms with Crippen molar-refractivity contribution in [2.24, 2.45) is 0 Å². The first-order valence-corrected chi connectivity index (χ1v) is 9.46. The van der Waals surface area contributed by atoms with E-state index >= 15 is 0 Å². The van der Waals surface area contributed by atoms with Crippen molar-refractivity contribution in [3.63, 3.8) is 0 Å². The number of aromatic nitrogens is 3. The van der Waals surface area contributed by atoms with Crippen molar-refractivity contribution in [1.29, 1.82) is 0 Å². The first kappa shape index (κ1) is 20.2. The number of rotatable bonds is 6. The zero-order chi connectivity index (χ0) is 22.0. The number of benzene rings is 2. The summed E-state index contributed by atoms with van der Waals surface area (Å²) in [4.78, 5) is 29.2. The number of methoxy groups -OCH3 is 3. The van der Waals surface area contributed by atoms with Crippen LogP contribution in [0, 0.1) is 0 Å². The number of carbonyl (C=O) groups excluding carboxylic acids is 2. The van der Waals surface area contributed by atoms with Gasteiger partial charge in [0.2, 0.25) is 17.6 Å². The molecule has 31 heavy (non-hydrogen) atoms. The molecule has 1 aromatic heterocycles. The molecule has 1 aliphatic heterocycles. The minimum atomic E-state index is -0.468. The third-order valence-electron chi connectivity index (χ3n) is 4.89. The summed E-state index contributed by atoms with van der Waals surface area (Å²) in [6.45, 7) is 0. The van der Waals surface area contributed by atoms with E-state index in [1.807, 2.05) is 30.3 Å². The molecule has 0 fully saturated rings. The van der Waals surface area contributed by atoms with Gasteiger partial charge >= 0.3 is 0 Å². The Kier molecular flexibility index (Phi) is 5.44. The van der Waals surface area contributed by atoms with Gasteiger partial charge in [0, 0.05) is 5.56 Å². The highest BCUT2D eigenvalue weighted by Crippen LogP contribution is 2.38. The lowest BCUT2D eigenvalue weighted by Gasteiger charge is -2.23. The number of hydrogen-bond acceptors (Lipinski definition) is 7. The fourth-order valence-electron chi connectivity index (χ4n) is 3.44. The average Bonchev–Trinajstić information content (AvgIpc) is 3.19. The molecule has 3 aromatic rings. The maximum Gasteiger partial charge on any atom is 0.258 e. The van der Waals surface area contributed by atoms with Gasteiger partial charge in [-0.3, -0.25) is 20.2 Å². The van der Waals surface area contributed by atoms with E-state index in [1.165, 1.54) is 33.5 Å². The normalized spacial score (nSPS) is 14.9. The van der Waals surface area contributed by atoms with Crippen molar-refractivity contribution in [3.8, 4) is 17.2 Å². The van der Waals surface area contributed by atoms with Crippen LogP contribution in [0.25, 0.3) is 0 Å². The monoisotopic (exact) mass is 423 g/mol. The molecule has 4 rings (SSSR count). The van der Waals surface area contributed by atoms with Crippen molar-refractivity contribution >= 4 is 23.7 Å². The van der Waals surface area contributed by atoms with Crippen LogP contribution in [0.3, 0.4) is 0 Å². The Bertz CT molecular complexity index is 1100. The molecule has 0 radical (unpaired) electrons. The van der Waals surface area contributed by atoms with Crippen LogP contribution in [0.5, 0.6) is 17.2 Å². The second-order valence-corrected chi connectivity index (χ2v) is 6.75. The summed E-state index contributed by atoms with van der Waals surface area (Å²) >= 11 is 0. The van der Waals surface area contributed by atoms with E-state index in [-0.39, 0.29) is 35.8 Å². The number of anilines is 2. The molecular weight excluding hydrogens is 402 g/mol. The molecule has 10 heteroatoms. The lowest BCUT2D eigenvalue weighted by molar-refractivity contribution is -0.117. The van der Waals surface area contributed by atoms with Crippen molar-refractivity contribution in [2.75, 3.05) is 32.0 Å². The average molecular weight is 423 g/mol. The molecule has 160 valence electrons. The molecule has 0 saturated carbocycles. The summed E-state index contributed by atoms with van der Waals surface area (Å²) in [5, 5.41) is 9.74. The Morgan fingerprint density at radius 2 is 1.77 bits per heavy atom. The summed E-state index contributed by atoms with van der Waals surface area (Å²) in [5.41, 5.74) is 1.19. The predicted molar refractivity (Wildman–Crippen MR) is 112 cm³/mol. The van der Waals surface area contributed by atoms with E-state index in [2.05, 4.69) is 20.7 Å². The van der Waals surface area contributed by atoms with E-state index < -0.39 is 5.91 Å². The summed E-state index contributed by atoms with van der Waals surface area (Å²) in [6.07, 6.45) is 0.223. The van der Waals surface area contributed by atoms with Crippen LogP contribution in [0.15, 0.2) is 42.5 Å². The second-order valence-electron chi connectivity index (χ2n) is 6.75. The fourth-order valence-corrected chi connectivity index (χ4v) is 3.44. The number of carbonyl (C=O) groups is 2. The van der Waals surface area contributed by atoms with E-state index in [0.29, 0.717) is 17.2 Å². The zero-order valence-electron chi connectivity index (χ0n) is 17.2. The van der Waals surface area contributed by atoms with Gasteiger partial charge in [0.1, 0.15) is 0 Å². The highest BCUT2D eigenvalue weighted by atomic mass is 16.5. The minimum absolute atomic E-state index is 0.0666. The van der Waals surface area contributed by atoms with Crippen molar-refractivity contribution < 1.29 is 23.8 Å². The van der Waals surface area contributed by atoms with E-state index in [9.17, 15) is 9.59 Å². The van der Waals surface area contributed by atoms with E-state index in [1.54, 1.807) is 4.68 Å². The molecule has 0 aliphatic carbocycles. The number of hydrogen-bond donors (Lipinski definition) is 2. The first-order valence-electron chi connectivity index (χ1n) is 9.46. The van der Waals surface area contributed by atoms with Crippen LogP contribution in [0.2, 0.25) is 0 Å². The van der Waals surface area contributed by atoms with Gasteiger partial charge in [-0.05, 0) is 17.7 Å². The number of nitrogens with one attached hydrogen (secondary N) is 2. The molecule has 0 unspecified atom stereocenters. The van der Waals surface area contributed by atoms with Crippen LogP contribution in [-0.4, -0.2) is 47.9 Å². The summed E-state index contributed by atoms with van der Waals surface area (Å²) in [6, 6.07) is 12.3. The number of ether oxygens (including phenoxy) is 3. The predicted octanol–water partition coefficient (Wildman–Crippen LogP) is 2.49. The standard InChI is InChI=1S/C21H21N5O5/c1-29-15-9-13(10-16(30-2)18(15)31-3)19(28)23-20-24-21-22-17(27)11-14(26(21)25-20)12-7-5-4-6-8-12/h4-10,14H,11H2,1-3H3,(H2,22,23,24,25,27,28)/t14-/m1/s1. The maximum absolute atomic E-state index is 12.8. The molecule has 2 heterocycles. The molecular formula is C21H21N5O5. The molecule has 1 atom stereocenters. The van der Waals surface area contributed by atoms with Gasteiger partial charge in [-0.2, -0.15) is 4.98 Å². The van der Waals surface area contributed by atoms with Crippen LogP contribution in [0.1, 0.15) is 28.4 Å². The van der Waals surface area contributed by atoms with Gasteiger partial charge in [-0.25, -0.2) is 4.68 Å². The molecule has 2 aromatic carbocycles. The Morgan fingerprint density at radius 3 is 2.39 bits per heavy atom. The first-order chi connectivity index (χ1) is 15.0.